The fourth-order valence-electron chi connectivity index (χ4n) is 1.61. The second-order valence-corrected chi connectivity index (χ2v) is 3.81. The van der Waals surface area contributed by atoms with E-state index < -0.39 is 0 Å². The summed E-state index contributed by atoms with van der Waals surface area (Å²) in [5.41, 5.74) is 1.27. The van der Waals surface area contributed by atoms with E-state index in [4.69, 9.17) is 0 Å². The molecule has 2 heterocycles. The Bertz CT molecular complexity index is 549. The Morgan fingerprint density at radius 2 is 2.28 bits per heavy atom. The quantitative estimate of drug-likeness (QED) is 0.835. The number of hydrogen-bond acceptors (Lipinski definition) is 4. The van der Waals surface area contributed by atoms with Crippen LogP contribution in [0.5, 0.6) is 0 Å². The van der Waals surface area contributed by atoms with Crippen LogP contribution in [0.4, 0.5) is 5.69 Å². The first-order valence-electron chi connectivity index (χ1n) is 5.58. The monoisotopic (exact) mass is 245 g/mol. The van der Waals surface area contributed by atoms with Crippen molar-refractivity contribution in [3.05, 3.63) is 42.2 Å². The molecule has 2 aromatic rings. The molecule has 2 rings (SSSR count). The van der Waals surface area contributed by atoms with Crippen LogP contribution in [0.1, 0.15) is 16.2 Å². The van der Waals surface area contributed by atoms with E-state index in [-0.39, 0.29) is 5.91 Å². The number of aromatic nitrogens is 3. The van der Waals surface area contributed by atoms with Gasteiger partial charge in [0.2, 0.25) is 0 Å². The van der Waals surface area contributed by atoms with Crippen LogP contribution >= 0.6 is 0 Å². The Morgan fingerprint density at radius 3 is 2.94 bits per heavy atom. The van der Waals surface area contributed by atoms with Gasteiger partial charge in [0.15, 0.2) is 0 Å². The molecular formula is C12H15N5O. The highest BCUT2D eigenvalue weighted by Gasteiger charge is 2.10. The summed E-state index contributed by atoms with van der Waals surface area (Å²) in [5, 5.41) is 5.76. The molecule has 0 aliphatic carbocycles. The molecule has 2 N–H and O–H groups in total. The molecule has 6 nitrogen and oxygen atoms in total. The number of imidazole rings is 1. The summed E-state index contributed by atoms with van der Waals surface area (Å²) < 4.78 is 1.87. The number of nitrogens with zero attached hydrogens (tertiary/aromatic N) is 3. The van der Waals surface area contributed by atoms with Gasteiger partial charge in [-0.05, 0) is 6.07 Å². The average molecular weight is 245 g/mol. The van der Waals surface area contributed by atoms with Crippen molar-refractivity contribution in [3.8, 4) is 0 Å². The standard InChI is InChI=1S/C12H15N5O/c1-13-10-7-14-4-3-9(10)12(18)16-8-11-15-5-6-17(11)2/h3-7,13H,8H2,1-2H3,(H,16,18). The fraction of sp³-hybridized carbons (Fsp3) is 0.250. The van der Waals surface area contributed by atoms with Crippen molar-refractivity contribution in [2.24, 2.45) is 7.05 Å². The average Bonchev–Trinajstić information content (AvgIpc) is 2.81. The molecular weight excluding hydrogens is 230 g/mol. The molecule has 0 spiro atoms. The largest absolute Gasteiger partial charge is 0.386 e. The molecule has 18 heavy (non-hydrogen) atoms. The van der Waals surface area contributed by atoms with E-state index in [0.29, 0.717) is 17.8 Å². The molecule has 0 saturated heterocycles. The highest BCUT2D eigenvalue weighted by molar-refractivity contribution is 5.99. The number of aryl methyl sites for hydroxylation is 1. The zero-order valence-corrected chi connectivity index (χ0v) is 10.3. The molecule has 0 aromatic carbocycles. The van der Waals surface area contributed by atoms with Gasteiger partial charge in [-0.25, -0.2) is 4.98 Å². The number of pyridine rings is 1. The van der Waals surface area contributed by atoms with Gasteiger partial charge in [-0.3, -0.25) is 9.78 Å². The lowest BCUT2D eigenvalue weighted by atomic mass is 10.2. The maximum atomic E-state index is 12.0. The summed E-state index contributed by atoms with van der Waals surface area (Å²) in [5.74, 6) is 0.660. The minimum Gasteiger partial charge on any atom is -0.386 e. The molecule has 0 aliphatic rings. The first kappa shape index (κ1) is 12.1. The Labute approximate surface area is 105 Å². The van der Waals surface area contributed by atoms with Crippen LogP contribution in [-0.2, 0) is 13.6 Å². The van der Waals surface area contributed by atoms with E-state index in [9.17, 15) is 4.79 Å². The minimum atomic E-state index is -0.148. The second-order valence-electron chi connectivity index (χ2n) is 3.81. The van der Waals surface area contributed by atoms with Crippen molar-refractivity contribution in [1.82, 2.24) is 19.9 Å². The Kier molecular flexibility index (Phi) is 3.57. The maximum absolute atomic E-state index is 12.0. The van der Waals surface area contributed by atoms with E-state index in [1.54, 1.807) is 31.7 Å². The van der Waals surface area contributed by atoms with Gasteiger partial charge in [0, 0.05) is 32.7 Å². The summed E-state index contributed by atoms with van der Waals surface area (Å²) in [7, 11) is 3.65. The van der Waals surface area contributed by atoms with Gasteiger partial charge in [-0.2, -0.15) is 0 Å². The Hall–Kier alpha value is -2.37. The SMILES string of the molecule is CNc1cnccc1C(=O)NCc1nccn1C. The number of hydrogen-bond donors (Lipinski definition) is 2. The number of amides is 1. The third-order valence-electron chi connectivity index (χ3n) is 2.66. The molecule has 0 saturated carbocycles. The normalized spacial score (nSPS) is 10.1. The lowest BCUT2D eigenvalue weighted by molar-refractivity contribution is 0.0950. The predicted molar refractivity (Wildman–Crippen MR) is 68.2 cm³/mol. The van der Waals surface area contributed by atoms with Crippen LogP contribution in [0, 0.1) is 0 Å². The lowest BCUT2D eigenvalue weighted by Gasteiger charge is -2.09. The van der Waals surface area contributed by atoms with Crippen LogP contribution in [0.3, 0.4) is 0 Å². The number of rotatable bonds is 4. The van der Waals surface area contributed by atoms with Crippen molar-refractivity contribution in [1.29, 1.82) is 0 Å². The molecule has 1 amide bonds. The zero-order chi connectivity index (χ0) is 13.0. The minimum absolute atomic E-state index is 0.148. The topological polar surface area (TPSA) is 71.8 Å². The van der Waals surface area contributed by atoms with Crippen molar-refractivity contribution in [3.63, 3.8) is 0 Å². The third-order valence-corrected chi connectivity index (χ3v) is 2.66. The fourth-order valence-corrected chi connectivity index (χ4v) is 1.61. The van der Waals surface area contributed by atoms with Crippen LogP contribution in [0.2, 0.25) is 0 Å². The lowest BCUT2D eigenvalue weighted by Crippen LogP contribution is -2.25. The predicted octanol–water partition coefficient (Wildman–Crippen LogP) is 0.787. The van der Waals surface area contributed by atoms with E-state index in [1.165, 1.54) is 0 Å². The summed E-state index contributed by atoms with van der Waals surface area (Å²) in [6, 6.07) is 1.68. The van der Waals surface area contributed by atoms with E-state index in [1.807, 2.05) is 17.8 Å². The first-order valence-corrected chi connectivity index (χ1v) is 5.58. The van der Waals surface area contributed by atoms with Gasteiger partial charge in [-0.15, -0.1) is 0 Å². The number of carbonyl (C=O) groups excluding carboxylic acids is 1. The summed E-state index contributed by atoms with van der Waals surface area (Å²) in [6.07, 6.45) is 6.76. The van der Waals surface area contributed by atoms with Crippen LogP contribution in [0.15, 0.2) is 30.9 Å². The maximum Gasteiger partial charge on any atom is 0.253 e. The summed E-state index contributed by atoms with van der Waals surface area (Å²) in [6.45, 7) is 0.397. The van der Waals surface area contributed by atoms with Gasteiger partial charge in [0.1, 0.15) is 5.82 Å². The molecule has 0 atom stereocenters. The Balaban J connectivity index is 2.06. The number of anilines is 1. The molecule has 6 heteroatoms. The third kappa shape index (κ3) is 2.48. The molecule has 2 aromatic heterocycles. The van der Waals surface area contributed by atoms with E-state index in [2.05, 4.69) is 20.6 Å². The molecule has 0 fully saturated rings. The number of carbonyl (C=O) groups is 1. The van der Waals surface area contributed by atoms with Crippen LogP contribution < -0.4 is 10.6 Å². The van der Waals surface area contributed by atoms with E-state index >= 15 is 0 Å². The van der Waals surface area contributed by atoms with Crippen molar-refractivity contribution < 1.29 is 4.79 Å². The highest BCUT2D eigenvalue weighted by Crippen LogP contribution is 2.12. The molecule has 94 valence electrons. The second kappa shape index (κ2) is 5.31. The van der Waals surface area contributed by atoms with Crippen molar-refractivity contribution in [2.75, 3.05) is 12.4 Å². The van der Waals surface area contributed by atoms with Crippen LogP contribution in [-0.4, -0.2) is 27.5 Å². The summed E-state index contributed by atoms with van der Waals surface area (Å²) in [4.78, 5) is 20.1. The smallest absolute Gasteiger partial charge is 0.253 e. The first-order chi connectivity index (χ1) is 8.72. The molecule has 0 bridgehead atoms. The summed E-state index contributed by atoms with van der Waals surface area (Å²) >= 11 is 0. The molecule has 0 aliphatic heterocycles. The van der Waals surface area contributed by atoms with Crippen molar-refractivity contribution >= 4 is 11.6 Å². The van der Waals surface area contributed by atoms with Gasteiger partial charge >= 0.3 is 0 Å². The Morgan fingerprint density at radius 1 is 1.44 bits per heavy atom. The van der Waals surface area contributed by atoms with Gasteiger partial charge in [0.25, 0.3) is 5.91 Å². The van der Waals surface area contributed by atoms with E-state index in [0.717, 1.165) is 5.82 Å². The molecule has 0 unspecified atom stereocenters. The van der Waals surface area contributed by atoms with Gasteiger partial charge in [0.05, 0.1) is 24.0 Å². The number of nitrogens with one attached hydrogen (secondary N) is 2. The van der Waals surface area contributed by atoms with Crippen molar-refractivity contribution in [2.45, 2.75) is 6.54 Å². The van der Waals surface area contributed by atoms with Crippen LogP contribution in [0.25, 0.3) is 0 Å². The van der Waals surface area contributed by atoms with Gasteiger partial charge in [-0.1, -0.05) is 0 Å². The van der Waals surface area contributed by atoms with Gasteiger partial charge < -0.3 is 15.2 Å². The zero-order valence-electron chi connectivity index (χ0n) is 10.3. The highest BCUT2D eigenvalue weighted by atomic mass is 16.1. The molecule has 0 radical (unpaired) electrons.